The largest absolute Gasteiger partial charge is 0.493 e. The summed E-state index contributed by atoms with van der Waals surface area (Å²) in [5.41, 5.74) is 0.672. The van der Waals surface area contributed by atoms with Crippen molar-refractivity contribution >= 4 is 27.8 Å². The van der Waals surface area contributed by atoms with Crippen LogP contribution in [0.4, 0.5) is 0 Å². The van der Waals surface area contributed by atoms with E-state index in [0.717, 1.165) is 6.42 Å². The van der Waals surface area contributed by atoms with E-state index in [9.17, 15) is 8.42 Å². The van der Waals surface area contributed by atoms with E-state index in [1.165, 1.54) is 30.5 Å². The molecular weight excluding hydrogens is 364 g/mol. The normalized spacial score (nSPS) is 11.5. The number of ether oxygens (including phenoxy) is 2. The quantitative estimate of drug-likeness (QED) is 0.560. The molecule has 0 spiro atoms. The lowest BCUT2D eigenvalue weighted by Crippen LogP contribution is -2.18. The van der Waals surface area contributed by atoms with E-state index in [4.69, 9.17) is 21.1 Å². The molecule has 0 bridgehead atoms. The van der Waals surface area contributed by atoms with Gasteiger partial charge < -0.3 is 9.47 Å². The van der Waals surface area contributed by atoms with Crippen LogP contribution in [0.3, 0.4) is 0 Å². The monoisotopic (exact) mass is 382 g/mol. The van der Waals surface area contributed by atoms with E-state index in [2.05, 4.69) is 9.93 Å². The smallest absolute Gasteiger partial charge is 0.276 e. The maximum Gasteiger partial charge on any atom is 0.276 e. The van der Waals surface area contributed by atoms with Crippen LogP contribution in [0.1, 0.15) is 18.9 Å². The van der Waals surface area contributed by atoms with Crippen molar-refractivity contribution in [2.45, 2.75) is 18.2 Å². The first-order chi connectivity index (χ1) is 12.0. The summed E-state index contributed by atoms with van der Waals surface area (Å²) in [5, 5.41) is 4.26. The molecule has 0 radical (unpaired) electrons. The van der Waals surface area contributed by atoms with Crippen molar-refractivity contribution in [3.63, 3.8) is 0 Å². The van der Waals surface area contributed by atoms with Crippen molar-refractivity contribution in [2.24, 2.45) is 5.10 Å². The molecule has 1 N–H and O–H groups in total. The topological polar surface area (TPSA) is 77.0 Å². The molecule has 0 aromatic heterocycles. The molecule has 0 fully saturated rings. The summed E-state index contributed by atoms with van der Waals surface area (Å²) in [5.74, 6) is 1.18. The van der Waals surface area contributed by atoms with Gasteiger partial charge in [-0.25, -0.2) is 4.83 Å². The molecule has 134 valence electrons. The molecule has 0 aliphatic heterocycles. The lowest BCUT2D eigenvalue weighted by molar-refractivity contribution is 0.294. The number of nitrogens with one attached hydrogen (secondary N) is 1. The van der Waals surface area contributed by atoms with Crippen LogP contribution in [0.5, 0.6) is 11.5 Å². The van der Waals surface area contributed by atoms with Gasteiger partial charge in [-0.05, 0) is 54.4 Å². The lowest BCUT2D eigenvalue weighted by atomic mass is 10.2. The molecular formula is C17H19ClN2O4S. The van der Waals surface area contributed by atoms with E-state index in [-0.39, 0.29) is 4.90 Å². The van der Waals surface area contributed by atoms with Crippen molar-refractivity contribution in [1.29, 1.82) is 0 Å². The summed E-state index contributed by atoms with van der Waals surface area (Å²) in [4.78, 5) is 2.24. The van der Waals surface area contributed by atoms with Crippen LogP contribution in [-0.4, -0.2) is 28.3 Å². The predicted octanol–water partition coefficient (Wildman–Crippen LogP) is 3.45. The summed E-state index contributed by atoms with van der Waals surface area (Å²) < 4.78 is 35.1. The Hall–Kier alpha value is -2.25. The molecule has 0 atom stereocenters. The van der Waals surface area contributed by atoms with Crippen LogP contribution in [0.25, 0.3) is 0 Å². The first kappa shape index (κ1) is 19.1. The minimum atomic E-state index is -3.75. The highest BCUT2D eigenvalue weighted by atomic mass is 35.5. The second-order valence-electron chi connectivity index (χ2n) is 5.07. The van der Waals surface area contributed by atoms with Crippen LogP contribution in [-0.2, 0) is 10.0 Å². The zero-order valence-electron chi connectivity index (χ0n) is 13.9. The standard InChI is InChI=1S/C17H19ClN2O4S/c1-3-10-24-17-11-13(4-9-16(17)23-2)12-19-20-25(21,22)15-7-5-14(18)6-8-15/h4-9,11-12,20H,3,10H2,1-2H3/b19-12+. The van der Waals surface area contributed by atoms with Gasteiger partial charge in [0.25, 0.3) is 10.0 Å². The van der Waals surface area contributed by atoms with Crippen LogP contribution in [0.2, 0.25) is 5.02 Å². The molecule has 25 heavy (non-hydrogen) atoms. The number of halogens is 1. The van der Waals surface area contributed by atoms with Gasteiger partial charge in [0.2, 0.25) is 0 Å². The molecule has 2 rings (SSSR count). The van der Waals surface area contributed by atoms with E-state index in [1.807, 2.05) is 6.92 Å². The molecule has 0 saturated heterocycles. The highest BCUT2D eigenvalue weighted by Gasteiger charge is 2.12. The molecule has 0 aliphatic carbocycles. The molecule has 0 unspecified atom stereocenters. The number of sulfonamides is 1. The van der Waals surface area contributed by atoms with Gasteiger partial charge in [0.05, 0.1) is 24.8 Å². The molecule has 2 aromatic carbocycles. The van der Waals surface area contributed by atoms with Gasteiger partial charge in [-0.15, -0.1) is 0 Å². The average Bonchev–Trinajstić information content (AvgIpc) is 2.60. The third-order valence-corrected chi connectivity index (χ3v) is 4.65. The summed E-state index contributed by atoms with van der Waals surface area (Å²) in [7, 11) is -2.19. The van der Waals surface area contributed by atoms with Gasteiger partial charge in [-0.2, -0.15) is 13.5 Å². The van der Waals surface area contributed by atoms with Crippen molar-refractivity contribution in [3.05, 3.63) is 53.1 Å². The summed E-state index contributed by atoms with van der Waals surface area (Å²) >= 11 is 5.75. The zero-order valence-corrected chi connectivity index (χ0v) is 15.5. The Bertz CT molecular complexity index is 836. The number of benzene rings is 2. The number of hydrazone groups is 1. The summed E-state index contributed by atoms with van der Waals surface area (Å²) in [6, 6.07) is 11.0. The number of nitrogens with zero attached hydrogens (tertiary/aromatic N) is 1. The van der Waals surface area contributed by atoms with Crippen molar-refractivity contribution < 1.29 is 17.9 Å². The second kappa shape index (κ2) is 8.73. The Morgan fingerprint density at radius 2 is 1.88 bits per heavy atom. The van der Waals surface area contributed by atoms with Crippen LogP contribution in [0, 0.1) is 0 Å². The number of rotatable bonds is 8. The Kier molecular flexibility index (Phi) is 6.66. The maximum absolute atomic E-state index is 12.1. The van der Waals surface area contributed by atoms with Crippen LogP contribution >= 0.6 is 11.6 Å². The maximum atomic E-state index is 12.1. The first-order valence-corrected chi connectivity index (χ1v) is 9.43. The highest BCUT2D eigenvalue weighted by Crippen LogP contribution is 2.27. The van der Waals surface area contributed by atoms with Gasteiger partial charge in [0, 0.05) is 5.02 Å². The van der Waals surface area contributed by atoms with E-state index in [0.29, 0.717) is 28.7 Å². The van der Waals surface area contributed by atoms with Crippen molar-refractivity contribution in [2.75, 3.05) is 13.7 Å². The van der Waals surface area contributed by atoms with Crippen molar-refractivity contribution in [3.8, 4) is 11.5 Å². The van der Waals surface area contributed by atoms with Crippen LogP contribution in [0.15, 0.2) is 52.5 Å². The average molecular weight is 383 g/mol. The number of hydrogen-bond donors (Lipinski definition) is 1. The van der Waals surface area contributed by atoms with Crippen LogP contribution < -0.4 is 14.3 Å². The molecule has 0 saturated carbocycles. The number of methoxy groups -OCH3 is 1. The Balaban J connectivity index is 2.12. The number of hydrogen-bond acceptors (Lipinski definition) is 5. The Labute approximate surface area is 152 Å². The third kappa shape index (κ3) is 5.37. The first-order valence-electron chi connectivity index (χ1n) is 7.57. The second-order valence-corrected chi connectivity index (χ2v) is 7.16. The third-order valence-electron chi connectivity index (χ3n) is 3.16. The van der Waals surface area contributed by atoms with Gasteiger partial charge >= 0.3 is 0 Å². The fourth-order valence-corrected chi connectivity index (χ4v) is 2.85. The highest BCUT2D eigenvalue weighted by molar-refractivity contribution is 7.89. The molecule has 6 nitrogen and oxygen atoms in total. The van der Waals surface area contributed by atoms with Gasteiger partial charge in [0.1, 0.15) is 0 Å². The molecule has 2 aromatic rings. The Morgan fingerprint density at radius 1 is 1.16 bits per heavy atom. The summed E-state index contributed by atoms with van der Waals surface area (Å²) in [6.45, 7) is 2.56. The van der Waals surface area contributed by atoms with E-state index >= 15 is 0 Å². The van der Waals surface area contributed by atoms with E-state index < -0.39 is 10.0 Å². The SMILES string of the molecule is CCCOc1cc(/C=N/NS(=O)(=O)c2ccc(Cl)cc2)ccc1OC. The fourth-order valence-electron chi connectivity index (χ4n) is 1.94. The van der Waals surface area contributed by atoms with Gasteiger partial charge in [-0.3, -0.25) is 0 Å². The van der Waals surface area contributed by atoms with Gasteiger partial charge in [-0.1, -0.05) is 18.5 Å². The summed E-state index contributed by atoms with van der Waals surface area (Å²) in [6.07, 6.45) is 2.26. The molecule has 8 heteroatoms. The van der Waals surface area contributed by atoms with Crippen molar-refractivity contribution in [1.82, 2.24) is 4.83 Å². The Morgan fingerprint density at radius 3 is 2.52 bits per heavy atom. The molecule has 0 aliphatic rings. The minimum Gasteiger partial charge on any atom is -0.493 e. The molecule has 0 amide bonds. The molecule has 0 heterocycles. The fraction of sp³-hybridized carbons (Fsp3) is 0.235. The van der Waals surface area contributed by atoms with E-state index in [1.54, 1.807) is 25.3 Å². The minimum absolute atomic E-state index is 0.0794. The zero-order chi connectivity index (χ0) is 18.3. The predicted molar refractivity (Wildman–Crippen MR) is 98.1 cm³/mol. The lowest BCUT2D eigenvalue weighted by Gasteiger charge is -2.10. The van der Waals surface area contributed by atoms with Gasteiger partial charge in [0.15, 0.2) is 11.5 Å².